The zero-order chi connectivity index (χ0) is 31.9. The molecule has 0 aliphatic heterocycles. The van der Waals surface area contributed by atoms with Crippen LogP contribution in [0.2, 0.25) is 5.02 Å². The van der Waals surface area contributed by atoms with Crippen molar-refractivity contribution in [2.45, 2.75) is 31.1 Å². The smallest absolute Gasteiger partial charge is 0.422 e. The lowest BCUT2D eigenvalue weighted by molar-refractivity contribution is -0.154. The van der Waals surface area contributed by atoms with E-state index in [1.54, 1.807) is 24.3 Å². The Bertz CT molecular complexity index is 1630. The summed E-state index contributed by atoms with van der Waals surface area (Å²) in [5, 5.41) is 9.87. The van der Waals surface area contributed by atoms with E-state index in [4.69, 9.17) is 16.3 Å². The van der Waals surface area contributed by atoms with Crippen LogP contribution in [-0.4, -0.2) is 50.1 Å². The predicted octanol–water partition coefficient (Wildman–Crippen LogP) is 5.49. The van der Waals surface area contributed by atoms with Crippen LogP contribution < -0.4 is 25.4 Å². The van der Waals surface area contributed by atoms with Crippen LogP contribution in [0.25, 0.3) is 0 Å². The van der Waals surface area contributed by atoms with Gasteiger partial charge in [0.05, 0.1) is 11.3 Å². The molecule has 1 unspecified atom stereocenters. The molecule has 45 heavy (non-hydrogen) atoms. The van der Waals surface area contributed by atoms with Gasteiger partial charge in [-0.3, -0.25) is 9.52 Å². The second-order valence-corrected chi connectivity index (χ2v) is 12.0. The molecule has 1 aliphatic rings. The number of nitrogens with one attached hydrogen (secondary N) is 4. The number of carbonyl (C=O) groups excluding carboxylic acids is 1. The zero-order valence-corrected chi connectivity index (χ0v) is 25.3. The first kappa shape index (κ1) is 32.1. The molecule has 4 N–H and O–H groups in total. The van der Waals surface area contributed by atoms with Gasteiger partial charge in [-0.2, -0.15) is 28.1 Å². The van der Waals surface area contributed by atoms with Gasteiger partial charge in [0.25, 0.3) is 5.91 Å². The summed E-state index contributed by atoms with van der Waals surface area (Å²) in [4.78, 5) is 25.0. The summed E-state index contributed by atoms with van der Waals surface area (Å²) >= 11 is 6.01. The minimum atomic E-state index is -4.59. The standard InChI is InChI=1S/C30H29ClF3N7O3S/c31-23-10-8-22(9-11-23)29(14-15-29)40-27-37-26(38-28(39-27)44-19-30(32,33)34)36-24-12-6-21(7-13-24)25(42)41-45(43)17-16-35-18-20-4-2-1-3-5-20/h1-13,35H,14-19H2,(H,41,42)(H2,36,37,38,39,40). The third kappa shape index (κ3) is 9.61. The molecule has 0 saturated heterocycles. The lowest BCUT2D eigenvalue weighted by Crippen LogP contribution is -2.31. The quantitative estimate of drug-likeness (QED) is 0.130. The van der Waals surface area contributed by atoms with Crippen LogP contribution in [0.5, 0.6) is 6.01 Å². The fourth-order valence-corrected chi connectivity index (χ4v) is 5.20. The maximum absolute atomic E-state index is 12.9. The van der Waals surface area contributed by atoms with Crippen LogP contribution in [0, 0.1) is 0 Å². The van der Waals surface area contributed by atoms with E-state index in [0.29, 0.717) is 23.8 Å². The van der Waals surface area contributed by atoms with Gasteiger partial charge in [0, 0.05) is 29.4 Å². The fourth-order valence-electron chi connectivity index (χ4n) is 4.31. The van der Waals surface area contributed by atoms with Crippen LogP contribution in [0.1, 0.15) is 34.3 Å². The lowest BCUT2D eigenvalue weighted by Gasteiger charge is -2.19. The van der Waals surface area contributed by atoms with E-state index in [2.05, 4.69) is 35.6 Å². The highest BCUT2D eigenvalue weighted by Crippen LogP contribution is 2.48. The number of alkyl halides is 3. The molecule has 1 fully saturated rings. The average molecular weight is 660 g/mol. The number of amides is 1. The van der Waals surface area contributed by atoms with Crippen LogP contribution in [-0.2, 0) is 23.1 Å². The van der Waals surface area contributed by atoms with Gasteiger partial charge in [0.1, 0.15) is 11.0 Å². The highest BCUT2D eigenvalue weighted by Gasteiger charge is 2.45. The third-order valence-electron chi connectivity index (χ3n) is 6.72. The number of anilines is 3. The van der Waals surface area contributed by atoms with Gasteiger partial charge in [-0.1, -0.05) is 54.1 Å². The van der Waals surface area contributed by atoms with Gasteiger partial charge in [-0.25, -0.2) is 4.21 Å². The minimum Gasteiger partial charge on any atom is -0.454 e. The Hall–Kier alpha value is -4.27. The van der Waals surface area contributed by atoms with Crippen LogP contribution in [0.15, 0.2) is 78.9 Å². The van der Waals surface area contributed by atoms with Gasteiger partial charge >= 0.3 is 12.2 Å². The highest BCUT2D eigenvalue weighted by molar-refractivity contribution is 7.83. The first-order chi connectivity index (χ1) is 21.6. The molecule has 0 radical (unpaired) electrons. The monoisotopic (exact) mass is 659 g/mol. The molecule has 1 atom stereocenters. The van der Waals surface area contributed by atoms with Crippen molar-refractivity contribution in [1.29, 1.82) is 0 Å². The largest absolute Gasteiger partial charge is 0.454 e. The number of nitrogens with zero attached hydrogens (tertiary/aromatic N) is 3. The van der Waals surface area contributed by atoms with E-state index in [0.717, 1.165) is 24.0 Å². The minimum absolute atomic E-state index is 0.0221. The van der Waals surface area contributed by atoms with Crippen LogP contribution in [0.3, 0.4) is 0 Å². The number of benzene rings is 3. The molecule has 1 aliphatic carbocycles. The summed E-state index contributed by atoms with van der Waals surface area (Å²) in [6, 6.07) is 22.6. The Labute approximate surface area is 264 Å². The van der Waals surface area contributed by atoms with E-state index in [-0.39, 0.29) is 23.2 Å². The van der Waals surface area contributed by atoms with Crippen LogP contribution in [0.4, 0.5) is 30.8 Å². The summed E-state index contributed by atoms with van der Waals surface area (Å²) in [6.07, 6.45) is -3.09. The molecule has 15 heteroatoms. The SMILES string of the molecule is O=C(NS(=O)CCNCc1ccccc1)c1ccc(Nc2nc(NC3(c4ccc(Cl)cc4)CC3)nc(OCC(F)(F)F)n2)cc1. The summed E-state index contributed by atoms with van der Waals surface area (Å²) < 4.78 is 58.2. The summed E-state index contributed by atoms with van der Waals surface area (Å²) in [5.41, 5.74) is 2.23. The normalized spacial score (nSPS) is 14.3. The molecular formula is C30H29ClF3N7O3S. The average Bonchev–Trinajstić information content (AvgIpc) is 3.79. The number of carbonyl (C=O) groups is 1. The Kier molecular flexibility index (Phi) is 10.2. The number of aromatic nitrogens is 3. The van der Waals surface area contributed by atoms with E-state index < -0.39 is 41.2 Å². The topological polar surface area (TPSA) is 130 Å². The fraction of sp³-hybridized carbons (Fsp3) is 0.267. The second-order valence-electron chi connectivity index (χ2n) is 10.2. The van der Waals surface area contributed by atoms with E-state index in [9.17, 15) is 22.2 Å². The van der Waals surface area contributed by atoms with Gasteiger partial charge in [0.2, 0.25) is 11.9 Å². The molecule has 3 aromatic carbocycles. The van der Waals surface area contributed by atoms with Crippen molar-refractivity contribution in [3.05, 3.63) is 101 Å². The number of ether oxygens (including phenoxy) is 1. The third-order valence-corrected chi connectivity index (χ3v) is 7.96. The predicted molar refractivity (Wildman–Crippen MR) is 166 cm³/mol. The maximum atomic E-state index is 12.9. The second kappa shape index (κ2) is 14.2. The Balaban J connectivity index is 1.20. The van der Waals surface area contributed by atoms with Crippen molar-refractivity contribution in [2.75, 3.05) is 29.5 Å². The molecule has 0 spiro atoms. The van der Waals surface area contributed by atoms with Crippen molar-refractivity contribution in [1.82, 2.24) is 25.0 Å². The number of hydrogen-bond acceptors (Lipinski definition) is 9. The molecule has 5 rings (SSSR count). The Morgan fingerprint density at radius 2 is 1.62 bits per heavy atom. The molecule has 10 nitrogen and oxygen atoms in total. The van der Waals surface area contributed by atoms with Gasteiger partial charge in [0.15, 0.2) is 6.61 Å². The molecular weight excluding hydrogens is 631 g/mol. The molecule has 0 bridgehead atoms. The molecule has 1 amide bonds. The first-order valence-corrected chi connectivity index (χ1v) is 15.6. The number of rotatable bonds is 14. The number of halogens is 4. The van der Waals surface area contributed by atoms with Crippen molar-refractivity contribution in [3.63, 3.8) is 0 Å². The highest BCUT2D eigenvalue weighted by atomic mass is 35.5. The molecule has 1 heterocycles. The molecule has 236 valence electrons. The van der Waals surface area contributed by atoms with Crippen molar-refractivity contribution in [2.24, 2.45) is 0 Å². The Morgan fingerprint density at radius 1 is 0.933 bits per heavy atom. The first-order valence-electron chi connectivity index (χ1n) is 13.9. The van der Waals surface area contributed by atoms with Crippen molar-refractivity contribution < 1.29 is 26.9 Å². The van der Waals surface area contributed by atoms with E-state index in [1.807, 2.05) is 42.5 Å². The maximum Gasteiger partial charge on any atom is 0.422 e. The molecule has 1 saturated carbocycles. The van der Waals surface area contributed by atoms with E-state index >= 15 is 0 Å². The van der Waals surface area contributed by atoms with Crippen LogP contribution >= 0.6 is 11.6 Å². The van der Waals surface area contributed by atoms with E-state index in [1.165, 1.54) is 12.1 Å². The van der Waals surface area contributed by atoms with Gasteiger partial charge < -0.3 is 20.7 Å². The number of hydrogen-bond donors (Lipinski definition) is 4. The summed E-state index contributed by atoms with van der Waals surface area (Å²) in [6.45, 7) is -0.506. The van der Waals surface area contributed by atoms with Crippen molar-refractivity contribution >= 4 is 46.1 Å². The van der Waals surface area contributed by atoms with Gasteiger partial charge in [-0.15, -0.1) is 0 Å². The zero-order valence-electron chi connectivity index (χ0n) is 23.7. The summed E-state index contributed by atoms with van der Waals surface area (Å²) in [7, 11) is -1.59. The lowest BCUT2D eigenvalue weighted by atomic mass is 10.1. The molecule has 4 aromatic rings. The molecule has 1 aromatic heterocycles. The Morgan fingerprint density at radius 3 is 2.29 bits per heavy atom. The summed E-state index contributed by atoms with van der Waals surface area (Å²) in [5.74, 6) is -0.340. The van der Waals surface area contributed by atoms with Gasteiger partial charge in [-0.05, 0) is 60.4 Å². The van der Waals surface area contributed by atoms with Crippen molar-refractivity contribution in [3.8, 4) is 6.01 Å².